The Labute approximate surface area is 136 Å². The quantitative estimate of drug-likeness (QED) is 0.923. The number of fused-ring (bicyclic) bond motifs is 1. The zero-order valence-electron chi connectivity index (χ0n) is 11.8. The number of ether oxygens (including phenoxy) is 1. The maximum absolute atomic E-state index is 12.2. The van der Waals surface area contributed by atoms with Crippen molar-refractivity contribution in [3.63, 3.8) is 0 Å². The molecule has 6 heteroatoms. The molecule has 0 aromatic heterocycles. The SMILES string of the molecule is Cl.O=C(COc1cccc(Cl)c1)N1CCC2CNCC2C1. The van der Waals surface area contributed by atoms with Crippen molar-refractivity contribution in [2.24, 2.45) is 11.8 Å². The molecule has 0 spiro atoms. The highest BCUT2D eigenvalue weighted by atomic mass is 35.5. The van der Waals surface area contributed by atoms with Crippen LogP contribution in [-0.2, 0) is 4.79 Å². The summed E-state index contributed by atoms with van der Waals surface area (Å²) in [6, 6.07) is 7.14. The van der Waals surface area contributed by atoms with Crippen molar-refractivity contribution in [3.8, 4) is 5.75 Å². The predicted octanol–water partition coefficient (Wildman–Crippen LogP) is 2.21. The molecule has 1 amide bonds. The van der Waals surface area contributed by atoms with E-state index >= 15 is 0 Å². The van der Waals surface area contributed by atoms with E-state index in [2.05, 4.69) is 5.32 Å². The van der Waals surface area contributed by atoms with Gasteiger partial charge in [0.1, 0.15) is 5.75 Å². The lowest BCUT2D eigenvalue weighted by Gasteiger charge is -2.34. The van der Waals surface area contributed by atoms with Gasteiger partial charge in [0.25, 0.3) is 5.91 Å². The first-order valence-corrected chi connectivity index (χ1v) is 7.47. The fraction of sp³-hybridized carbons (Fsp3) is 0.533. The first-order valence-electron chi connectivity index (χ1n) is 7.09. The van der Waals surface area contributed by atoms with Gasteiger partial charge >= 0.3 is 0 Å². The molecule has 0 radical (unpaired) electrons. The zero-order valence-corrected chi connectivity index (χ0v) is 13.3. The molecule has 2 aliphatic heterocycles. The van der Waals surface area contributed by atoms with E-state index in [-0.39, 0.29) is 24.9 Å². The second-order valence-corrected chi connectivity index (χ2v) is 5.99. The van der Waals surface area contributed by atoms with Crippen LogP contribution < -0.4 is 10.1 Å². The van der Waals surface area contributed by atoms with Gasteiger partial charge in [-0.3, -0.25) is 4.79 Å². The molecule has 2 saturated heterocycles. The largest absolute Gasteiger partial charge is 0.484 e. The first-order chi connectivity index (χ1) is 9.72. The summed E-state index contributed by atoms with van der Waals surface area (Å²) in [5.74, 6) is 2.06. The summed E-state index contributed by atoms with van der Waals surface area (Å²) >= 11 is 5.89. The molecule has 2 unspecified atom stereocenters. The number of piperidine rings is 1. The molecule has 2 fully saturated rings. The monoisotopic (exact) mass is 330 g/mol. The van der Waals surface area contributed by atoms with Crippen molar-refractivity contribution in [3.05, 3.63) is 29.3 Å². The summed E-state index contributed by atoms with van der Waals surface area (Å²) in [7, 11) is 0. The molecular formula is C15H20Cl2N2O2. The highest BCUT2D eigenvalue weighted by Crippen LogP contribution is 2.26. The number of nitrogens with one attached hydrogen (secondary N) is 1. The highest BCUT2D eigenvalue weighted by molar-refractivity contribution is 6.30. The van der Waals surface area contributed by atoms with E-state index in [9.17, 15) is 4.79 Å². The number of nitrogens with zero attached hydrogens (tertiary/aromatic N) is 1. The van der Waals surface area contributed by atoms with Crippen LogP contribution in [0.3, 0.4) is 0 Å². The Balaban J connectivity index is 0.00000161. The molecule has 3 rings (SSSR count). The normalized spacial score (nSPS) is 24.1. The smallest absolute Gasteiger partial charge is 0.260 e. The Morgan fingerprint density at radius 1 is 1.38 bits per heavy atom. The molecule has 116 valence electrons. The Kier molecular flexibility index (Phi) is 5.73. The number of carbonyl (C=O) groups excluding carboxylic acids is 1. The van der Waals surface area contributed by atoms with Gasteiger partial charge in [-0.1, -0.05) is 17.7 Å². The maximum atomic E-state index is 12.2. The predicted molar refractivity (Wildman–Crippen MR) is 85.2 cm³/mol. The third-order valence-electron chi connectivity index (χ3n) is 4.22. The fourth-order valence-corrected chi connectivity index (χ4v) is 3.23. The molecule has 0 aliphatic carbocycles. The average molecular weight is 331 g/mol. The van der Waals surface area contributed by atoms with Crippen molar-refractivity contribution < 1.29 is 9.53 Å². The Morgan fingerprint density at radius 2 is 2.19 bits per heavy atom. The Bertz CT molecular complexity index is 498. The van der Waals surface area contributed by atoms with Crippen LogP contribution in [0.2, 0.25) is 5.02 Å². The van der Waals surface area contributed by atoms with Crippen LogP contribution in [0.5, 0.6) is 5.75 Å². The van der Waals surface area contributed by atoms with Gasteiger partial charge in [-0.15, -0.1) is 12.4 Å². The number of rotatable bonds is 3. The maximum Gasteiger partial charge on any atom is 0.260 e. The van der Waals surface area contributed by atoms with Crippen molar-refractivity contribution in [2.45, 2.75) is 6.42 Å². The zero-order chi connectivity index (χ0) is 13.9. The molecule has 2 atom stereocenters. The van der Waals surface area contributed by atoms with Crippen LogP contribution in [0.25, 0.3) is 0 Å². The third kappa shape index (κ3) is 4.02. The number of likely N-dealkylation sites (tertiary alicyclic amines) is 1. The van der Waals surface area contributed by atoms with Gasteiger partial charge < -0.3 is 15.0 Å². The molecule has 0 saturated carbocycles. The standard InChI is InChI=1S/C15H19ClN2O2.ClH/c16-13-2-1-3-14(6-13)20-10-15(19)18-5-4-11-7-17-8-12(11)9-18;/h1-3,6,11-12,17H,4-5,7-10H2;1H. The lowest BCUT2D eigenvalue weighted by Crippen LogP contribution is -2.45. The van der Waals surface area contributed by atoms with Crippen LogP contribution in [0, 0.1) is 11.8 Å². The summed E-state index contributed by atoms with van der Waals surface area (Å²) in [5.41, 5.74) is 0. The first kappa shape index (κ1) is 16.4. The van der Waals surface area contributed by atoms with E-state index in [1.807, 2.05) is 17.0 Å². The Morgan fingerprint density at radius 3 is 3.00 bits per heavy atom. The highest BCUT2D eigenvalue weighted by Gasteiger charge is 2.34. The van der Waals surface area contributed by atoms with Gasteiger partial charge in [-0.2, -0.15) is 0 Å². The summed E-state index contributed by atoms with van der Waals surface area (Å²) in [5, 5.41) is 4.02. The van der Waals surface area contributed by atoms with Gasteiger partial charge in [-0.05, 0) is 49.5 Å². The van der Waals surface area contributed by atoms with Crippen LogP contribution >= 0.6 is 24.0 Å². The summed E-state index contributed by atoms with van der Waals surface area (Å²) in [6.45, 7) is 3.93. The van der Waals surface area contributed by atoms with Gasteiger partial charge in [-0.25, -0.2) is 0 Å². The molecular weight excluding hydrogens is 311 g/mol. The number of amides is 1. The molecule has 4 nitrogen and oxygen atoms in total. The van der Waals surface area contributed by atoms with E-state index in [4.69, 9.17) is 16.3 Å². The summed E-state index contributed by atoms with van der Waals surface area (Å²) in [6.07, 6.45) is 1.10. The molecule has 2 heterocycles. The lowest BCUT2D eigenvalue weighted by atomic mass is 9.89. The minimum absolute atomic E-state index is 0. The Hall–Kier alpha value is -0.970. The lowest BCUT2D eigenvalue weighted by molar-refractivity contribution is -0.135. The third-order valence-corrected chi connectivity index (χ3v) is 4.45. The fourth-order valence-electron chi connectivity index (χ4n) is 3.05. The van der Waals surface area contributed by atoms with E-state index < -0.39 is 0 Å². The summed E-state index contributed by atoms with van der Waals surface area (Å²) < 4.78 is 5.52. The molecule has 1 aromatic rings. The van der Waals surface area contributed by atoms with Crippen LogP contribution in [0.4, 0.5) is 0 Å². The number of carbonyl (C=O) groups is 1. The van der Waals surface area contributed by atoms with E-state index in [0.29, 0.717) is 16.7 Å². The van der Waals surface area contributed by atoms with E-state index in [0.717, 1.165) is 38.5 Å². The molecule has 1 aromatic carbocycles. The van der Waals surface area contributed by atoms with Crippen LogP contribution in [0.1, 0.15) is 6.42 Å². The minimum atomic E-state index is 0. The van der Waals surface area contributed by atoms with Crippen molar-refractivity contribution >= 4 is 29.9 Å². The van der Waals surface area contributed by atoms with Gasteiger partial charge in [0.05, 0.1) is 0 Å². The van der Waals surface area contributed by atoms with Gasteiger partial charge in [0.15, 0.2) is 6.61 Å². The number of hydrogen-bond acceptors (Lipinski definition) is 3. The number of benzene rings is 1. The second kappa shape index (κ2) is 7.34. The minimum Gasteiger partial charge on any atom is -0.484 e. The molecule has 2 aliphatic rings. The van der Waals surface area contributed by atoms with E-state index in [1.54, 1.807) is 12.1 Å². The molecule has 1 N–H and O–H groups in total. The van der Waals surface area contributed by atoms with Crippen molar-refractivity contribution in [1.82, 2.24) is 10.2 Å². The van der Waals surface area contributed by atoms with Gasteiger partial charge in [0, 0.05) is 18.1 Å². The van der Waals surface area contributed by atoms with Crippen LogP contribution in [0.15, 0.2) is 24.3 Å². The topological polar surface area (TPSA) is 41.6 Å². The number of halogens is 2. The van der Waals surface area contributed by atoms with Gasteiger partial charge in [0.2, 0.25) is 0 Å². The molecule has 0 bridgehead atoms. The van der Waals surface area contributed by atoms with Crippen molar-refractivity contribution in [1.29, 1.82) is 0 Å². The molecule has 21 heavy (non-hydrogen) atoms. The summed E-state index contributed by atoms with van der Waals surface area (Å²) in [4.78, 5) is 14.1. The van der Waals surface area contributed by atoms with E-state index in [1.165, 1.54) is 0 Å². The van der Waals surface area contributed by atoms with Crippen LogP contribution in [-0.4, -0.2) is 43.6 Å². The average Bonchev–Trinajstić information content (AvgIpc) is 2.92. The number of hydrogen-bond donors (Lipinski definition) is 1. The van der Waals surface area contributed by atoms with Crippen molar-refractivity contribution in [2.75, 3.05) is 32.8 Å². The second-order valence-electron chi connectivity index (χ2n) is 5.55.